The minimum atomic E-state index is -1.77. The fourth-order valence-corrected chi connectivity index (χ4v) is 3.99. The first-order chi connectivity index (χ1) is 14.5. The van der Waals surface area contributed by atoms with Gasteiger partial charge in [-0.1, -0.05) is 60.7 Å². The van der Waals surface area contributed by atoms with Gasteiger partial charge in [-0.3, -0.25) is 0 Å². The number of carbonyl (C=O) groups excluding carboxylic acids is 2. The molecule has 1 unspecified atom stereocenters. The van der Waals surface area contributed by atoms with Crippen LogP contribution in [0.15, 0.2) is 72.8 Å². The number of carbonyl (C=O) groups is 2. The molecule has 1 saturated heterocycles. The molecule has 2 aromatic carbocycles. The van der Waals surface area contributed by atoms with E-state index in [0.29, 0.717) is 0 Å². The number of aliphatic hydroxyl groups excluding tert-OH is 1. The molecule has 156 valence electrons. The van der Waals surface area contributed by atoms with Crippen LogP contribution in [0, 0.1) is 0 Å². The average Bonchev–Trinajstić information content (AvgIpc) is 3.04. The van der Waals surface area contributed by atoms with Crippen molar-refractivity contribution >= 4 is 35.9 Å². The summed E-state index contributed by atoms with van der Waals surface area (Å²) in [6.45, 7) is -0.194. The van der Waals surface area contributed by atoms with Crippen molar-refractivity contribution in [2.45, 2.75) is 23.0 Å². The summed E-state index contributed by atoms with van der Waals surface area (Å²) in [4.78, 5) is 24.0. The Kier molecular flexibility index (Phi) is 7.82. The van der Waals surface area contributed by atoms with Gasteiger partial charge < -0.3 is 14.6 Å². The first kappa shape index (κ1) is 21.8. The van der Waals surface area contributed by atoms with E-state index in [0.717, 1.165) is 22.9 Å². The number of thioether (sulfide) groups is 1. The van der Waals surface area contributed by atoms with E-state index >= 15 is 0 Å². The second-order valence-electron chi connectivity index (χ2n) is 6.53. The molecule has 7 heteroatoms. The third-order valence-electron chi connectivity index (χ3n) is 4.33. The molecule has 4 atom stereocenters. The third-order valence-corrected chi connectivity index (χ3v) is 5.62. The van der Waals surface area contributed by atoms with Gasteiger partial charge in [0.1, 0.15) is 12.0 Å². The molecule has 2 aromatic rings. The number of hydrogen-bond donors (Lipinski definition) is 1. The van der Waals surface area contributed by atoms with Gasteiger partial charge in [-0.2, -0.15) is 0 Å². The topological polar surface area (TPSA) is 72.8 Å². The predicted molar refractivity (Wildman–Crippen MR) is 114 cm³/mol. The lowest BCUT2D eigenvalue weighted by atomic mass is 10.1. The maximum Gasteiger partial charge on any atom is 0.331 e. The Balaban J connectivity index is 1.54. The molecule has 0 saturated carbocycles. The molecule has 30 heavy (non-hydrogen) atoms. The number of ether oxygens (including phenoxy) is 2. The summed E-state index contributed by atoms with van der Waals surface area (Å²) in [5.74, 6) is -1.34. The summed E-state index contributed by atoms with van der Waals surface area (Å²) < 4.78 is 24.7. The fraction of sp³-hybridized carbons (Fsp3) is 0.217. The number of aliphatic hydroxyl groups is 1. The number of halogens is 1. The van der Waals surface area contributed by atoms with Gasteiger partial charge in [0.05, 0.1) is 5.25 Å². The van der Waals surface area contributed by atoms with E-state index in [1.807, 2.05) is 60.7 Å². The Labute approximate surface area is 178 Å². The number of hydrogen-bond acceptors (Lipinski definition) is 6. The van der Waals surface area contributed by atoms with Crippen LogP contribution in [-0.4, -0.2) is 46.6 Å². The highest BCUT2D eigenvalue weighted by Crippen LogP contribution is 2.37. The highest BCUT2D eigenvalue weighted by atomic mass is 32.2. The number of benzene rings is 2. The molecule has 0 aromatic heterocycles. The average molecular weight is 428 g/mol. The summed E-state index contributed by atoms with van der Waals surface area (Å²) in [6.07, 6.45) is 2.63. The molecule has 1 aliphatic heterocycles. The second-order valence-corrected chi connectivity index (χ2v) is 7.89. The van der Waals surface area contributed by atoms with E-state index in [2.05, 4.69) is 0 Å². The molecule has 5 nitrogen and oxygen atoms in total. The van der Waals surface area contributed by atoms with Crippen LogP contribution in [0.2, 0.25) is 0 Å². The second kappa shape index (κ2) is 10.8. The van der Waals surface area contributed by atoms with Crippen LogP contribution in [0.25, 0.3) is 12.2 Å². The quantitative estimate of drug-likeness (QED) is 0.536. The zero-order chi connectivity index (χ0) is 21.3. The summed E-state index contributed by atoms with van der Waals surface area (Å²) in [7, 11) is 0. The molecule has 1 heterocycles. The summed E-state index contributed by atoms with van der Waals surface area (Å²) in [6, 6.07) is 18.3. The van der Waals surface area contributed by atoms with Crippen molar-refractivity contribution in [3.05, 3.63) is 83.9 Å². The molecular weight excluding hydrogens is 407 g/mol. The van der Waals surface area contributed by atoms with Crippen molar-refractivity contribution < 1.29 is 28.6 Å². The Bertz CT molecular complexity index is 900. The molecule has 1 N–H and O–H groups in total. The van der Waals surface area contributed by atoms with E-state index in [1.54, 1.807) is 12.2 Å². The maximum absolute atomic E-state index is 14.3. The molecule has 0 spiro atoms. The summed E-state index contributed by atoms with van der Waals surface area (Å²) >= 11 is 0.873. The molecule has 0 amide bonds. The molecule has 0 bridgehead atoms. The number of esters is 2. The van der Waals surface area contributed by atoms with Crippen LogP contribution in [0.5, 0.6) is 0 Å². The van der Waals surface area contributed by atoms with Crippen molar-refractivity contribution in [3.63, 3.8) is 0 Å². The van der Waals surface area contributed by atoms with Crippen LogP contribution >= 0.6 is 11.8 Å². The van der Waals surface area contributed by atoms with E-state index in [9.17, 15) is 19.1 Å². The maximum atomic E-state index is 14.3. The van der Waals surface area contributed by atoms with Crippen molar-refractivity contribution in [1.82, 2.24) is 0 Å². The normalized spacial score (nSPS) is 23.7. The van der Waals surface area contributed by atoms with Crippen molar-refractivity contribution in [2.24, 2.45) is 0 Å². The zero-order valence-electron chi connectivity index (χ0n) is 16.0. The van der Waals surface area contributed by atoms with Crippen molar-refractivity contribution in [1.29, 1.82) is 0 Å². The lowest BCUT2D eigenvalue weighted by molar-refractivity contribution is -0.148. The molecule has 1 aliphatic rings. The molecule has 0 aliphatic carbocycles. The van der Waals surface area contributed by atoms with Crippen molar-refractivity contribution in [3.8, 4) is 0 Å². The molecule has 1 fully saturated rings. The first-order valence-corrected chi connectivity index (χ1v) is 10.3. The van der Waals surface area contributed by atoms with Gasteiger partial charge in [0.2, 0.25) is 0 Å². The highest BCUT2D eigenvalue weighted by molar-refractivity contribution is 8.00. The first-order valence-electron chi connectivity index (χ1n) is 9.34. The Hall–Kier alpha value is -2.90. The smallest absolute Gasteiger partial charge is 0.331 e. The van der Waals surface area contributed by atoms with Gasteiger partial charge in [-0.15, -0.1) is 11.8 Å². The van der Waals surface area contributed by atoms with E-state index in [4.69, 9.17) is 9.47 Å². The minimum absolute atomic E-state index is 0.194. The molecular formula is C23H21FO5S. The standard InChI is InChI=1S/C23H21FO5S/c24-21-22(29-20(26)14-12-17-9-5-2-6-10-17)18(30-23(21)27)15-28-19(25)13-11-16-7-3-1-4-8-16/h1-14,18,21-23,27H,15H2/t18-,21+,22-,23?/m1/s1. The number of alkyl halides is 1. The van der Waals surface area contributed by atoms with Crippen molar-refractivity contribution in [2.75, 3.05) is 6.61 Å². The van der Waals surface area contributed by atoms with Gasteiger partial charge in [0, 0.05) is 12.2 Å². The van der Waals surface area contributed by atoms with Crippen LogP contribution in [0.4, 0.5) is 4.39 Å². The van der Waals surface area contributed by atoms with Gasteiger partial charge in [-0.05, 0) is 23.3 Å². The Morgan fingerprint density at radius 2 is 1.47 bits per heavy atom. The summed E-state index contributed by atoms with van der Waals surface area (Å²) in [5.41, 5.74) is 0.271. The minimum Gasteiger partial charge on any atom is -0.461 e. The zero-order valence-corrected chi connectivity index (χ0v) is 16.8. The monoisotopic (exact) mass is 428 g/mol. The van der Waals surface area contributed by atoms with Crippen LogP contribution in [-0.2, 0) is 19.1 Å². The lowest BCUT2D eigenvalue weighted by Crippen LogP contribution is -2.36. The molecule has 3 rings (SSSR count). The van der Waals surface area contributed by atoms with E-state index < -0.39 is 34.9 Å². The Morgan fingerprint density at radius 1 is 0.933 bits per heavy atom. The van der Waals surface area contributed by atoms with Crippen LogP contribution < -0.4 is 0 Å². The van der Waals surface area contributed by atoms with E-state index in [1.165, 1.54) is 12.2 Å². The van der Waals surface area contributed by atoms with Gasteiger partial charge in [0.25, 0.3) is 0 Å². The fourth-order valence-electron chi connectivity index (χ4n) is 2.82. The van der Waals surface area contributed by atoms with Crippen LogP contribution in [0.1, 0.15) is 11.1 Å². The molecule has 0 radical (unpaired) electrons. The number of rotatable bonds is 7. The Morgan fingerprint density at radius 3 is 2.03 bits per heavy atom. The van der Waals surface area contributed by atoms with Gasteiger partial charge in [0.15, 0.2) is 12.3 Å². The van der Waals surface area contributed by atoms with Gasteiger partial charge >= 0.3 is 11.9 Å². The largest absolute Gasteiger partial charge is 0.461 e. The highest BCUT2D eigenvalue weighted by Gasteiger charge is 2.46. The third kappa shape index (κ3) is 6.30. The predicted octanol–water partition coefficient (Wildman–Crippen LogP) is 3.64. The van der Waals surface area contributed by atoms with E-state index in [-0.39, 0.29) is 6.61 Å². The van der Waals surface area contributed by atoms with Gasteiger partial charge in [-0.25, -0.2) is 14.0 Å². The van der Waals surface area contributed by atoms with Crippen LogP contribution in [0.3, 0.4) is 0 Å². The lowest BCUT2D eigenvalue weighted by Gasteiger charge is -2.19. The summed E-state index contributed by atoms with van der Waals surface area (Å²) in [5, 5.41) is 9.09. The SMILES string of the molecule is O=C(C=Cc1ccccc1)OC[C@H]1SC(O)[C@@H](F)[C@@H]1OC(=O)C=Cc1ccccc1.